The average Bonchev–Trinajstić information content (AvgIpc) is 2.91. The van der Waals surface area contributed by atoms with Gasteiger partial charge < -0.3 is 10.2 Å². The van der Waals surface area contributed by atoms with Crippen molar-refractivity contribution in [2.75, 3.05) is 23.3 Å². The molecule has 0 unspecified atom stereocenters. The zero-order chi connectivity index (χ0) is 24.9. The highest BCUT2D eigenvalue weighted by Crippen LogP contribution is 2.41. The number of carbonyl (C=O) groups excluding carboxylic acids is 1. The number of hydrogen-bond acceptors (Lipinski definition) is 4. The number of hydrogen-bond donors (Lipinski definition) is 2. The van der Waals surface area contributed by atoms with E-state index in [2.05, 4.69) is 10.0 Å². The van der Waals surface area contributed by atoms with Gasteiger partial charge in [-0.2, -0.15) is 13.2 Å². The molecule has 0 aromatic heterocycles. The topological polar surface area (TPSA) is 78.5 Å². The van der Waals surface area contributed by atoms with E-state index in [0.717, 1.165) is 6.07 Å². The van der Waals surface area contributed by atoms with Crippen LogP contribution in [0.5, 0.6) is 0 Å². The maximum absolute atomic E-state index is 13.8. The summed E-state index contributed by atoms with van der Waals surface area (Å²) in [6, 6.07) is 5.83. The average molecular weight is 524 g/mol. The number of sulfonamides is 1. The lowest BCUT2D eigenvalue weighted by Gasteiger charge is -2.27. The van der Waals surface area contributed by atoms with Crippen LogP contribution in [0.2, 0.25) is 5.02 Å². The van der Waals surface area contributed by atoms with Crippen LogP contribution in [0, 0.1) is 0 Å². The number of amides is 1. The second kappa shape index (κ2) is 8.65. The van der Waals surface area contributed by atoms with E-state index >= 15 is 0 Å². The van der Waals surface area contributed by atoms with Crippen molar-refractivity contribution in [2.24, 2.45) is 0 Å². The molecule has 0 spiro atoms. The Labute approximate surface area is 197 Å². The first-order chi connectivity index (χ1) is 15.8. The van der Waals surface area contributed by atoms with Crippen LogP contribution in [-0.4, -0.2) is 33.3 Å². The van der Waals surface area contributed by atoms with Crippen molar-refractivity contribution in [2.45, 2.75) is 42.8 Å². The van der Waals surface area contributed by atoms with E-state index in [1.165, 1.54) is 23.1 Å². The molecule has 1 saturated heterocycles. The van der Waals surface area contributed by atoms with Crippen LogP contribution in [-0.2, 0) is 22.7 Å². The molecule has 13 heteroatoms. The van der Waals surface area contributed by atoms with E-state index in [4.69, 9.17) is 11.6 Å². The summed E-state index contributed by atoms with van der Waals surface area (Å²) >= 11 is 6.05. The van der Waals surface area contributed by atoms with Crippen LogP contribution in [0.15, 0.2) is 35.2 Å². The van der Waals surface area contributed by atoms with Gasteiger partial charge in [0, 0.05) is 38.2 Å². The van der Waals surface area contributed by atoms with E-state index in [-0.39, 0.29) is 48.7 Å². The lowest BCUT2D eigenvalue weighted by molar-refractivity contribution is -0.137. The number of alkyl halides is 5. The van der Waals surface area contributed by atoms with Crippen LogP contribution < -0.4 is 14.9 Å². The summed E-state index contributed by atoms with van der Waals surface area (Å²) in [7, 11) is -3.76. The van der Waals surface area contributed by atoms with Crippen molar-refractivity contribution >= 4 is 38.9 Å². The molecule has 0 bridgehead atoms. The normalized spacial score (nSPS) is 19.4. The minimum absolute atomic E-state index is 0.0105. The molecule has 0 saturated carbocycles. The summed E-state index contributed by atoms with van der Waals surface area (Å²) in [6.45, 7) is -0.00680. The zero-order valence-corrected chi connectivity index (χ0v) is 19.0. The molecular formula is C21H19ClF5N3O3S. The largest absolute Gasteiger partial charge is 0.417 e. The Hall–Kier alpha value is -2.44. The predicted octanol–water partition coefficient (Wildman–Crippen LogP) is 5.03. The zero-order valence-electron chi connectivity index (χ0n) is 17.5. The Kier molecular flexibility index (Phi) is 6.28. The molecule has 0 radical (unpaired) electrons. The van der Waals surface area contributed by atoms with Crippen LogP contribution in [0.1, 0.15) is 40.7 Å². The van der Waals surface area contributed by atoms with Crippen molar-refractivity contribution < 1.29 is 35.2 Å². The summed E-state index contributed by atoms with van der Waals surface area (Å²) in [6.07, 6.45) is -5.69. The van der Waals surface area contributed by atoms with Gasteiger partial charge in [-0.3, -0.25) is 4.79 Å². The van der Waals surface area contributed by atoms with Crippen LogP contribution >= 0.6 is 11.6 Å². The maximum atomic E-state index is 13.8. The van der Waals surface area contributed by atoms with E-state index in [1.54, 1.807) is 0 Å². The maximum Gasteiger partial charge on any atom is 0.417 e. The minimum Gasteiger partial charge on any atom is -0.371 e. The summed E-state index contributed by atoms with van der Waals surface area (Å²) in [5, 5.41) is 1.53. The molecule has 2 N–H and O–H groups in total. The van der Waals surface area contributed by atoms with Gasteiger partial charge in [0.15, 0.2) is 0 Å². The van der Waals surface area contributed by atoms with E-state index < -0.39 is 50.6 Å². The molecule has 34 heavy (non-hydrogen) atoms. The van der Waals surface area contributed by atoms with E-state index in [0.29, 0.717) is 11.6 Å². The molecule has 6 nitrogen and oxygen atoms in total. The van der Waals surface area contributed by atoms with Gasteiger partial charge in [0.2, 0.25) is 15.9 Å². The fourth-order valence-corrected chi connectivity index (χ4v) is 5.66. The Morgan fingerprint density at radius 1 is 1.12 bits per heavy atom. The number of fused-ring (bicyclic) bond motifs is 1. The number of nitrogens with one attached hydrogen (secondary N) is 2. The summed E-state index contributed by atoms with van der Waals surface area (Å²) in [4.78, 5) is 14.5. The Morgan fingerprint density at radius 2 is 1.85 bits per heavy atom. The lowest BCUT2D eigenvalue weighted by Crippen LogP contribution is -2.29. The lowest BCUT2D eigenvalue weighted by atomic mass is 10.0. The molecular weight excluding hydrogens is 505 g/mol. The van der Waals surface area contributed by atoms with E-state index in [9.17, 15) is 35.2 Å². The molecule has 184 valence electrons. The molecule has 2 heterocycles. The summed E-state index contributed by atoms with van der Waals surface area (Å²) < 4.78 is 94.6. The van der Waals surface area contributed by atoms with Crippen LogP contribution in [0.3, 0.4) is 0 Å². The Bertz CT molecular complexity index is 1250. The molecule has 0 aliphatic carbocycles. The number of rotatable bonds is 3. The molecule has 1 amide bonds. The quantitative estimate of drug-likeness (QED) is 0.553. The number of halogens is 6. The van der Waals surface area contributed by atoms with E-state index in [1.807, 2.05) is 0 Å². The fourth-order valence-electron chi connectivity index (χ4n) is 4.04. The first-order valence-corrected chi connectivity index (χ1v) is 12.1. The fraction of sp³-hybridized carbons (Fsp3) is 0.381. The highest BCUT2D eigenvalue weighted by atomic mass is 35.5. The van der Waals surface area contributed by atoms with Gasteiger partial charge in [-0.15, -0.1) is 0 Å². The minimum atomic E-state index is -4.86. The third-order valence-electron chi connectivity index (χ3n) is 5.78. The summed E-state index contributed by atoms with van der Waals surface area (Å²) in [5.41, 5.74) is -1.28. The van der Waals surface area contributed by atoms with Gasteiger partial charge >= 0.3 is 6.18 Å². The van der Waals surface area contributed by atoms with Crippen molar-refractivity contribution in [3.63, 3.8) is 0 Å². The first kappa shape index (κ1) is 24.7. The first-order valence-electron chi connectivity index (χ1n) is 10.2. The molecule has 4 rings (SSSR count). The highest BCUT2D eigenvalue weighted by Gasteiger charge is 2.38. The highest BCUT2D eigenvalue weighted by molar-refractivity contribution is 7.89. The molecule has 0 atom stereocenters. The summed E-state index contributed by atoms with van der Waals surface area (Å²) in [5.74, 6) is -3.94. The van der Waals surface area contributed by atoms with Crippen LogP contribution in [0.25, 0.3) is 0 Å². The van der Waals surface area contributed by atoms with Gasteiger partial charge in [0.05, 0.1) is 26.7 Å². The molecule has 2 aliphatic heterocycles. The molecule has 2 aromatic rings. The molecule has 2 aromatic carbocycles. The van der Waals surface area contributed by atoms with Gasteiger partial charge in [0.25, 0.3) is 5.91 Å². The van der Waals surface area contributed by atoms with Crippen molar-refractivity contribution in [3.8, 4) is 0 Å². The number of anilines is 2. The van der Waals surface area contributed by atoms with Crippen molar-refractivity contribution in [3.05, 3.63) is 52.0 Å². The predicted molar refractivity (Wildman–Crippen MR) is 116 cm³/mol. The SMILES string of the molecule is O=C(Nc1ccc2c(c1)S(=O)(=O)NC2)c1c(N2CCCC(F)(F)CC2)ccc(C(F)(F)F)c1Cl. The van der Waals surface area contributed by atoms with Gasteiger partial charge in [0.1, 0.15) is 0 Å². The Balaban J connectivity index is 1.74. The van der Waals surface area contributed by atoms with Gasteiger partial charge in [-0.25, -0.2) is 21.9 Å². The number of benzene rings is 2. The third kappa shape index (κ3) is 4.84. The second-order valence-electron chi connectivity index (χ2n) is 8.12. The third-order valence-corrected chi connectivity index (χ3v) is 7.65. The smallest absolute Gasteiger partial charge is 0.371 e. The monoisotopic (exact) mass is 523 g/mol. The number of nitrogens with zero attached hydrogens (tertiary/aromatic N) is 1. The second-order valence-corrected chi connectivity index (χ2v) is 10.2. The molecule has 1 fully saturated rings. The van der Waals surface area contributed by atoms with Crippen LogP contribution in [0.4, 0.5) is 33.3 Å². The van der Waals surface area contributed by atoms with Gasteiger partial charge in [-0.1, -0.05) is 17.7 Å². The van der Waals surface area contributed by atoms with Crippen molar-refractivity contribution in [1.82, 2.24) is 4.72 Å². The molecule has 2 aliphatic rings. The number of carbonyl (C=O) groups is 1. The standard InChI is InChI=1S/C21H19ClF5N3O3S/c22-18-14(21(25,26)27)4-5-15(30-8-1-6-20(23,24)7-9-30)17(18)19(31)29-13-3-2-12-11-28-34(32,33)16(12)10-13/h2-5,10,28H,1,6-9,11H2,(H,29,31). The van der Waals surface area contributed by atoms with Crippen molar-refractivity contribution in [1.29, 1.82) is 0 Å². The Morgan fingerprint density at radius 3 is 2.56 bits per heavy atom. The van der Waals surface area contributed by atoms with Gasteiger partial charge in [-0.05, 0) is 36.2 Å².